The maximum atomic E-state index is 12.2. The van der Waals surface area contributed by atoms with Gasteiger partial charge in [-0.25, -0.2) is 0 Å². The van der Waals surface area contributed by atoms with Crippen molar-refractivity contribution in [3.8, 4) is 23.8 Å². The second kappa shape index (κ2) is 7.43. The van der Waals surface area contributed by atoms with Crippen LogP contribution in [0.5, 0.6) is 11.5 Å². The minimum Gasteiger partial charge on any atom is -0.503 e. The number of phenolic OH excluding ortho intramolecular Hbond substituents is 1. The molecule has 1 N–H and O–H groups in total. The highest BCUT2D eigenvalue weighted by atomic mass is 79.9. The van der Waals surface area contributed by atoms with E-state index in [0.29, 0.717) is 21.1 Å². The number of halogens is 2. The predicted molar refractivity (Wildman–Crippen MR) is 96.2 cm³/mol. The zero-order chi connectivity index (χ0) is 17.1. The lowest BCUT2D eigenvalue weighted by Gasteiger charge is -2.11. The smallest absolute Gasteiger partial charge is 0.294 e. The minimum atomic E-state index is -0.438. The van der Waals surface area contributed by atoms with Crippen LogP contribution >= 0.6 is 43.6 Å². The lowest BCUT2D eigenvalue weighted by atomic mass is 10.2. The van der Waals surface area contributed by atoms with Gasteiger partial charge in [0.25, 0.3) is 11.1 Å². The average molecular weight is 461 g/mol. The van der Waals surface area contributed by atoms with E-state index in [1.807, 2.05) is 0 Å². The largest absolute Gasteiger partial charge is 0.503 e. The molecule has 0 saturated carbocycles. The summed E-state index contributed by atoms with van der Waals surface area (Å²) in [7, 11) is 0. The Balaban J connectivity index is 2.46. The van der Waals surface area contributed by atoms with Crippen LogP contribution in [-0.2, 0) is 4.79 Å². The highest BCUT2D eigenvalue weighted by Gasteiger charge is 2.34. The summed E-state index contributed by atoms with van der Waals surface area (Å²) in [5.74, 6) is 2.07. The van der Waals surface area contributed by atoms with Gasteiger partial charge in [-0.15, -0.1) is 6.42 Å². The highest BCUT2D eigenvalue weighted by molar-refractivity contribution is 9.13. The third-order valence-corrected chi connectivity index (χ3v) is 5.95. The molecule has 1 aliphatic rings. The van der Waals surface area contributed by atoms with Crippen molar-refractivity contribution in [3.63, 3.8) is 0 Å². The Morgan fingerprint density at radius 1 is 1.43 bits per heavy atom. The number of carbonyl (C=O) groups excluding carboxylic acids is 2. The molecule has 0 aliphatic carbocycles. The van der Waals surface area contributed by atoms with Crippen LogP contribution in [0.2, 0.25) is 0 Å². The number of hydrogen-bond donors (Lipinski definition) is 1. The third-order valence-electron chi connectivity index (χ3n) is 2.88. The molecule has 1 aliphatic heterocycles. The van der Waals surface area contributed by atoms with Gasteiger partial charge in [-0.3, -0.25) is 14.5 Å². The molecule has 0 unspecified atom stereocenters. The number of phenols is 1. The first kappa shape index (κ1) is 17.9. The number of aromatic hydroxyl groups is 1. The molecule has 0 aromatic heterocycles. The molecule has 8 heteroatoms. The average Bonchev–Trinajstić information content (AvgIpc) is 2.78. The molecule has 1 aromatic carbocycles. The minimum absolute atomic E-state index is 0.0451. The number of imide groups is 1. The molecule has 23 heavy (non-hydrogen) atoms. The monoisotopic (exact) mass is 459 g/mol. The van der Waals surface area contributed by atoms with Crippen molar-refractivity contribution in [3.05, 3.63) is 25.5 Å². The van der Waals surface area contributed by atoms with E-state index in [0.717, 1.165) is 16.7 Å². The lowest BCUT2D eigenvalue weighted by molar-refractivity contribution is -0.122. The Hall–Kier alpha value is -1.43. The van der Waals surface area contributed by atoms with E-state index in [1.54, 1.807) is 19.1 Å². The summed E-state index contributed by atoms with van der Waals surface area (Å²) in [5, 5.41) is 9.62. The van der Waals surface area contributed by atoms with Crippen LogP contribution in [0, 0.1) is 12.3 Å². The second-order valence-corrected chi connectivity index (χ2v) is 6.92. The van der Waals surface area contributed by atoms with Gasteiger partial charge in [-0.05, 0) is 68.3 Å². The number of hydrogen-bond acceptors (Lipinski definition) is 5. The molecule has 1 saturated heterocycles. The number of thioether (sulfide) groups is 1. The Morgan fingerprint density at radius 2 is 2.13 bits per heavy atom. The number of benzene rings is 1. The van der Waals surface area contributed by atoms with Crippen LogP contribution < -0.4 is 4.74 Å². The number of ether oxygens (including phenoxy) is 1. The van der Waals surface area contributed by atoms with Crippen molar-refractivity contribution in [2.45, 2.75) is 6.92 Å². The summed E-state index contributed by atoms with van der Waals surface area (Å²) in [5.41, 5.74) is 0.587. The summed E-state index contributed by atoms with van der Waals surface area (Å²) in [6.07, 6.45) is 6.72. The molecule has 1 aromatic rings. The van der Waals surface area contributed by atoms with Crippen molar-refractivity contribution in [1.29, 1.82) is 0 Å². The first-order valence-electron chi connectivity index (χ1n) is 6.43. The Bertz CT molecular complexity index is 755. The van der Waals surface area contributed by atoms with Crippen LogP contribution in [0.1, 0.15) is 12.5 Å². The molecule has 1 heterocycles. The van der Waals surface area contributed by atoms with Gasteiger partial charge < -0.3 is 9.84 Å². The van der Waals surface area contributed by atoms with Crippen molar-refractivity contribution >= 4 is 60.8 Å². The summed E-state index contributed by atoms with van der Waals surface area (Å²) >= 11 is 7.43. The van der Waals surface area contributed by atoms with Crippen LogP contribution in [0.4, 0.5) is 4.79 Å². The van der Waals surface area contributed by atoms with Crippen LogP contribution in [0.25, 0.3) is 6.08 Å². The summed E-state index contributed by atoms with van der Waals surface area (Å²) in [6.45, 7) is 2.10. The van der Waals surface area contributed by atoms with Gasteiger partial charge >= 0.3 is 0 Å². The van der Waals surface area contributed by atoms with Gasteiger partial charge in [0, 0.05) is 4.47 Å². The quantitative estimate of drug-likeness (QED) is 0.543. The van der Waals surface area contributed by atoms with Crippen LogP contribution in [0.3, 0.4) is 0 Å². The molecule has 2 amide bonds. The number of terminal acetylenes is 1. The van der Waals surface area contributed by atoms with Crippen LogP contribution in [0.15, 0.2) is 19.9 Å². The topological polar surface area (TPSA) is 66.8 Å². The molecule has 0 radical (unpaired) electrons. The first-order valence-corrected chi connectivity index (χ1v) is 8.83. The second-order valence-electron chi connectivity index (χ2n) is 4.35. The SMILES string of the molecule is C#CCN1C(=O)S/C(=C/c2cc(OCC)c(O)c(Br)c2Br)C1=O. The Kier molecular flexibility index (Phi) is 5.79. The van der Waals surface area contributed by atoms with Gasteiger partial charge in [0.1, 0.15) is 0 Å². The van der Waals surface area contributed by atoms with E-state index in [1.165, 1.54) is 0 Å². The molecule has 1 fully saturated rings. The summed E-state index contributed by atoms with van der Waals surface area (Å²) in [4.78, 5) is 25.3. The molecular weight excluding hydrogens is 450 g/mol. The summed E-state index contributed by atoms with van der Waals surface area (Å²) < 4.78 is 6.30. The number of amides is 2. The molecular formula is C15H11Br2NO4S. The fraction of sp³-hybridized carbons (Fsp3) is 0.200. The number of nitrogens with zero attached hydrogens (tertiary/aromatic N) is 1. The van der Waals surface area contributed by atoms with E-state index in [4.69, 9.17) is 11.2 Å². The maximum absolute atomic E-state index is 12.2. The van der Waals surface area contributed by atoms with Crippen molar-refractivity contribution in [2.24, 2.45) is 0 Å². The molecule has 0 spiro atoms. The Morgan fingerprint density at radius 3 is 2.74 bits per heavy atom. The van der Waals surface area contributed by atoms with Crippen molar-refractivity contribution in [1.82, 2.24) is 4.90 Å². The Labute approximate surface area is 154 Å². The predicted octanol–water partition coefficient (Wildman–Crippen LogP) is 3.99. The lowest BCUT2D eigenvalue weighted by Crippen LogP contribution is -2.28. The number of rotatable bonds is 4. The highest BCUT2D eigenvalue weighted by Crippen LogP contribution is 2.43. The zero-order valence-electron chi connectivity index (χ0n) is 11.9. The van der Waals surface area contributed by atoms with E-state index in [2.05, 4.69) is 37.8 Å². The van der Waals surface area contributed by atoms with Crippen LogP contribution in [-0.4, -0.2) is 34.3 Å². The van der Waals surface area contributed by atoms with E-state index in [-0.39, 0.29) is 22.9 Å². The summed E-state index contributed by atoms with van der Waals surface area (Å²) in [6, 6.07) is 1.59. The van der Waals surface area contributed by atoms with Gasteiger partial charge in [0.05, 0.1) is 22.5 Å². The van der Waals surface area contributed by atoms with Gasteiger partial charge in [-0.2, -0.15) is 0 Å². The van der Waals surface area contributed by atoms with Gasteiger partial charge in [0.2, 0.25) is 0 Å². The molecule has 120 valence electrons. The molecule has 5 nitrogen and oxygen atoms in total. The van der Waals surface area contributed by atoms with Gasteiger partial charge in [-0.1, -0.05) is 5.92 Å². The standard InChI is InChI=1S/C15H11Br2NO4S/c1-3-5-18-14(20)10(23-15(18)21)7-8-6-9(22-4-2)13(19)12(17)11(8)16/h1,6-7,19H,4-5H2,2H3/b10-7+. The zero-order valence-corrected chi connectivity index (χ0v) is 15.9. The van der Waals surface area contributed by atoms with E-state index >= 15 is 0 Å². The van der Waals surface area contributed by atoms with E-state index in [9.17, 15) is 14.7 Å². The van der Waals surface area contributed by atoms with Crippen molar-refractivity contribution < 1.29 is 19.4 Å². The third kappa shape index (κ3) is 3.57. The first-order chi connectivity index (χ1) is 10.9. The molecule has 0 bridgehead atoms. The van der Waals surface area contributed by atoms with Crippen molar-refractivity contribution in [2.75, 3.05) is 13.2 Å². The molecule has 2 rings (SSSR count). The maximum Gasteiger partial charge on any atom is 0.294 e. The fourth-order valence-electron chi connectivity index (χ4n) is 1.85. The van der Waals surface area contributed by atoms with E-state index < -0.39 is 11.1 Å². The van der Waals surface area contributed by atoms with Gasteiger partial charge in [0.15, 0.2) is 11.5 Å². The molecule has 0 atom stereocenters. The normalized spacial score (nSPS) is 16.1. The number of carbonyl (C=O) groups is 2. The fourth-order valence-corrected chi connectivity index (χ4v) is 3.52.